The fourth-order valence-corrected chi connectivity index (χ4v) is 1.82. The van der Waals surface area contributed by atoms with E-state index in [1.807, 2.05) is 12.1 Å². The number of anilines is 1. The molecule has 0 aliphatic carbocycles. The van der Waals surface area contributed by atoms with Gasteiger partial charge in [0.15, 0.2) is 0 Å². The lowest BCUT2D eigenvalue weighted by molar-refractivity contribution is 0.306. The third-order valence-corrected chi connectivity index (χ3v) is 2.98. The van der Waals surface area contributed by atoms with Crippen LogP contribution in [0.4, 0.5) is 5.69 Å². The Labute approximate surface area is 112 Å². The van der Waals surface area contributed by atoms with Crippen LogP contribution in [0.25, 0.3) is 0 Å². The topological polar surface area (TPSA) is 21.3 Å². The second-order valence-electron chi connectivity index (χ2n) is 4.71. The van der Waals surface area contributed by atoms with Crippen molar-refractivity contribution in [2.75, 3.05) is 18.5 Å². The highest BCUT2D eigenvalue weighted by Crippen LogP contribution is 2.16. The van der Waals surface area contributed by atoms with Crippen LogP contribution in [-0.2, 0) is 0 Å². The summed E-state index contributed by atoms with van der Waals surface area (Å²) in [6, 6.07) is 8.30. The van der Waals surface area contributed by atoms with Crippen LogP contribution in [-0.4, -0.2) is 13.2 Å². The molecule has 0 saturated heterocycles. The molecule has 1 N–H and O–H groups in total. The van der Waals surface area contributed by atoms with Crippen molar-refractivity contribution in [1.29, 1.82) is 0 Å². The van der Waals surface area contributed by atoms with Crippen molar-refractivity contribution < 1.29 is 4.74 Å². The van der Waals surface area contributed by atoms with Gasteiger partial charge in [-0.3, -0.25) is 0 Å². The molecule has 0 unspecified atom stereocenters. The third kappa shape index (κ3) is 6.53. The van der Waals surface area contributed by atoms with Gasteiger partial charge in [0.2, 0.25) is 0 Å². The van der Waals surface area contributed by atoms with Gasteiger partial charge >= 0.3 is 0 Å². The van der Waals surface area contributed by atoms with Crippen LogP contribution in [0, 0.1) is 0 Å². The third-order valence-electron chi connectivity index (χ3n) is 2.98. The number of nitrogens with one attached hydrogen (secondary N) is 1. The first-order valence-electron chi connectivity index (χ1n) is 7.33. The van der Waals surface area contributed by atoms with Gasteiger partial charge in [-0.05, 0) is 37.1 Å². The van der Waals surface area contributed by atoms with E-state index < -0.39 is 0 Å². The molecule has 0 heterocycles. The van der Waals surface area contributed by atoms with Gasteiger partial charge in [0.1, 0.15) is 5.75 Å². The summed E-state index contributed by atoms with van der Waals surface area (Å²) in [5.74, 6) is 0.977. The lowest BCUT2D eigenvalue weighted by Crippen LogP contribution is -2.01. The fourth-order valence-electron chi connectivity index (χ4n) is 1.82. The van der Waals surface area contributed by atoms with Crippen LogP contribution >= 0.6 is 0 Å². The lowest BCUT2D eigenvalue weighted by Gasteiger charge is -2.08. The van der Waals surface area contributed by atoms with Crippen LogP contribution in [0.1, 0.15) is 52.4 Å². The molecule has 2 heteroatoms. The van der Waals surface area contributed by atoms with Gasteiger partial charge in [0.25, 0.3) is 0 Å². The Morgan fingerprint density at radius 1 is 0.889 bits per heavy atom. The van der Waals surface area contributed by atoms with Gasteiger partial charge in [-0.15, -0.1) is 0 Å². The summed E-state index contributed by atoms with van der Waals surface area (Å²) < 4.78 is 5.68. The molecule has 1 aromatic rings. The number of unbranched alkanes of at least 4 members (excludes halogenated alkanes) is 4. The second kappa shape index (κ2) is 9.81. The van der Waals surface area contributed by atoms with E-state index in [1.54, 1.807) is 0 Å². The molecule has 0 radical (unpaired) electrons. The van der Waals surface area contributed by atoms with Crippen LogP contribution in [0.5, 0.6) is 5.75 Å². The molecule has 1 rings (SSSR count). The van der Waals surface area contributed by atoms with E-state index in [2.05, 4.69) is 31.3 Å². The fraction of sp³-hybridized carbons (Fsp3) is 0.625. The Morgan fingerprint density at radius 2 is 1.56 bits per heavy atom. The maximum Gasteiger partial charge on any atom is 0.119 e. The number of ether oxygens (including phenoxy) is 1. The normalized spacial score (nSPS) is 10.3. The van der Waals surface area contributed by atoms with Crippen molar-refractivity contribution in [3.8, 4) is 5.75 Å². The Morgan fingerprint density at radius 3 is 2.22 bits per heavy atom. The van der Waals surface area contributed by atoms with Gasteiger partial charge in [-0.2, -0.15) is 0 Å². The molecule has 2 nitrogen and oxygen atoms in total. The molecular formula is C16H27NO. The SMILES string of the molecule is CCCCCNc1ccc(OCCCCC)cc1. The minimum absolute atomic E-state index is 0.830. The lowest BCUT2D eigenvalue weighted by atomic mass is 10.2. The summed E-state index contributed by atoms with van der Waals surface area (Å²) in [6.45, 7) is 6.32. The van der Waals surface area contributed by atoms with Crippen LogP contribution in [0.2, 0.25) is 0 Å². The van der Waals surface area contributed by atoms with E-state index in [4.69, 9.17) is 4.74 Å². The molecule has 0 amide bonds. The predicted molar refractivity (Wildman–Crippen MR) is 79.5 cm³/mol. The van der Waals surface area contributed by atoms with Crippen molar-refractivity contribution in [3.05, 3.63) is 24.3 Å². The van der Waals surface area contributed by atoms with E-state index in [0.29, 0.717) is 0 Å². The number of hydrogen-bond acceptors (Lipinski definition) is 2. The van der Waals surface area contributed by atoms with Gasteiger partial charge in [0, 0.05) is 12.2 Å². The molecule has 0 aromatic heterocycles. The summed E-state index contributed by atoms with van der Waals surface area (Å²) in [5, 5.41) is 3.43. The minimum Gasteiger partial charge on any atom is -0.494 e. The van der Waals surface area contributed by atoms with Crippen LogP contribution in [0.15, 0.2) is 24.3 Å². The molecule has 102 valence electrons. The highest BCUT2D eigenvalue weighted by atomic mass is 16.5. The summed E-state index contributed by atoms with van der Waals surface area (Å²) in [5.41, 5.74) is 1.19. The smallest absolute Gasteiger partial charge is 0.119 e. The first kappa shape index (κ1) is 14.9. The Balaban J connectivity index is 2.20. The molecule has 0 aliphatic rings. The quantitative estimate of drug-likeness (QED) is 0.598. The summed E-state index contributed by atoms with van der Waals surface area (Å²) in [4.78, 5) is 0. The second-order valence-corrected chi connectivity index (χ2v) is 4.71. The number of hydrogen-bond donors (Lipinski definition) is 1. The van der Waals surface area contributed by atoms with Crippen molar-refractivity contribution in [1.82, 2.24) is 0 Å². The summed E-state index contributed by atoms with van der Waals surface area (Å²) >= 11 is 0. The van der Waals surface area contributed by atoms with E-state index in [1.165, 1.54) is 37.8 Å². The minimum atomic E-state index is 0.830. The standard InChI is InChI=1S/C16H27NO/c1-3-5-7-13-17-15-9-11-16(12-10-15)18-14-8-6-4-2/h9-12,17H,3-8,13-14H2,1-2H3. The Hall–Kier alpha value is -1.18. The predicted octanol–water partition coefficient (Wildman–Crippen LogP) is 4.86. The summed E-state index contributed by atoms with van der Waals surface area (Å²) in [6.07, 6.45) is 7.44. The highest BCUT2D eigenvalue weighted by molar-refractivity contribution is 5.46. The summed E-state index contributed by atoms with van der Waals surface area (Å²) in [7, 11) is 0. The van der Waals surface area contributed by atoms with E-state index >= 15 is 0 Å². The monoisotopic (exact) mass is 249 g/mol. The molecular weight excluding hydrogens is 222 g/mol. The van der Waals surface area contributed by atoms with Gasteiger partial charge < -0.3 is 10.1 Å². The Bertz CT molecular complexity index is 263. The maximum absolute atomic E-state index is 5.68. The average molecular weight is 249 g/mol. The zero-order valence-corrected chi connectivity index (χ0v) is 11.9. The molecule has 0 spiro atoms. The molecule has 18 heavy (non-hydrogen) atoms. The maximum atomic E-state index is 5.68. The molecule has 1 aromatic carbocycles. The van der Waals surface area contributed by atoms with Crippen LogP contribution < -0.4 is 10.1 Å². The van der Waals surface area contributed by atoms with E-state index in [-0.39, 0.29) is 0 Å². The van der Waals surface area contributed by atoms with Crippen molar-refractivity contribution in [2.45, 2.75) is 52.4 Å². The highest BCUT2D eigenvalue weighted by Gasteiger charge is 1.95. The van der Waals surface area contributed by atoms with Gasteiger partial charge in [0.05, 0.1) is 6.61 Å². The van der Waals surface area contributed by atoms with Gasteiger partial charge in [-0.25, -0.2) is 0 Å². The Kier molecular flexibility index (Phi) is 8.11. The van der Waals surface area contributed by atoms with Crippen molar-refractivity contribution in [3.63, 3.8) is 0 Å². The van der Waals surface area contributed by atoms with E-state index in [9.17, 15) is 0 Å². The first-order valence-corrected chi connectivity index (χ1v) is 7.33. The van der Waals surface area contributed by atoms with Gasteiger partial charge in [-0.1, -0.05) is 39.5 Å². The largest absolute Gasteiger partial charge is 0.494 e. The number of benzene rings is 1. The van der Waals surface area contributed by atoms with Crippen molar-refractivity contribution in [2.24, 2.45) is 0 Å². The molecule has 0 atom stereocenters. The zero-order valence-electron chi connectivity index (χ0n) is 11.9. The van der Waals surface area contributed by atoms with Crippen molar-refractivity contribution >= 4 is 5.69 Å². The van der Waals surface area contributed by atoms with E-state index in [0.717, 1.165) is 25.3 Å². The first-order chi connectivity index (χ1) is 8.86. The zero-order chi connectivity index (χ0) is 13.1. The number of rotatable bonds is 10. The molecule has 0 fully saturated rings. The molecule has 0 bridgehead atoms. The molecule has 0 aliphatic heterocycles. The molecule has 0 saturated carbocycles. The average Bonchev–Trinajstić information content (AvgIpc) is 2.41. The van der Waals surface area contributed by atoms with Crippen LogP contribution in [0.3, 0.4) is 0 Å².